The molecule has 0 spiro atoms. The molecule has 7 nitrogen and oxygen atoms in total. The van der Waals surface area contributed by atoms with Gasteiger partial charge in [0.05, 0.1) is 11.4 Å². The summed E-state index contributed by atoms with van der Waals surface area (Å²) in [4.78, 5) is 4.18. The number of hydrogen-bond acceptors (Lipinski definition) is 6. The molecule has 1 aromatic heterocycles. The van der Waals surface area contributed by atoms with E-state index in [2.05, 4.69) is 15.5 Å². The Kier molecular flexibility index (Phi) is 3.78. The van der Waals surface area contributed by atoms with Crippen molar-refractivity contribution in [2.45, 2.75) is 26.3 Å². The first-order valence-corrected chi connectivity index (χ1v) is 8.74. The lowest BCUT2D eigenvalue weighted by molar-refractivity contribution is 0.364. The first-order chi connectivity index (χ1) is 10.5. The molecule has 1 saturated heterocycles. The van der Waals surface area contributed by atoms with Crippen LogP contribution in [-0.2, 0) is 10.0 Å². The zero-order valence-electron chi connectivity index (χ0n) is 12.5. The Labute approximate surface area is 129 Å². The van der Waals surface area contributed by atoms with Gasteiger partial charge in [-0.05, 0) is 44.5 Å². The van der Waals surface area contributed by atoms with E-state index >= 15 is 0 Å². The average molecular weight is 322 g/mol. The molecule has 1 fully saturated rings. The highest BCUT2D eigenvalue weighted by Crippen LogP contribution is 2.26. The number of benzene rings is 1. The first-order valence-electron chi connectivity index (χ1n) is 7.13. The van der Waals surface area contributed by atoms with Crippen LogP contribution in [0, 0.1) is 6.92 Å². The summed E-state index contributed by atoms with van der Waals surface area (Å²) in [5.41, 5.74) is 1.56. The topological polar surface area (TPSA) is 88.3 Å². The zero-order chi connectivity index (χ0) is 15.7. The minimum absolute atomic E-state index is 0.123. The van der Waals surface area contributed by atoms with Crippen LogP contribution in [0.5, 0.6) is 0 Å². The molecule has 3 rings (SSSR count). The Bertz CT molecular complexity index is 755. The van der Waals surface area contributed by atoms with Gasteiger partial charge in [-0.1, -0.05) is 5.16 Å². The molecule has 0 saturated carbocycles. The summed E-state index contributed by atoms with van der Waals surface area (Å²) in [6.07, 6.45) is 0.676. The Balaban J connectivity index is 1.72. The van der Waals surface area contributed by atoms with E-state index in [0.717, 1.165) is 5.69 Å². The number of aromatic nitrogens is 2. The van der Waals surface area contributed by atoms with Gasteiger partial charge in [0.25, 0.3) is 0 Å². The van der Waals surface area contributed by atoms with Crippen LogP contribution in [0.4, 0.5) is 11.4 Å². The number of anilines is 2. The lowest BCUT2D eigenvalue weighted by atomic mass is 10.2. The molecule has 0 amide bonds. The van der Waals surface area contributed by atoms with Crippen molar-refractivity contribution >= 4 is 21.4 Å². The Hall–Kier alpha value is -2.09. The lowest BCUT2D eigenvalue weighted by Crippen LogP contribution is -2.24. The summed E-state index contributed by atoms with van der Waals surface area (Å²) < 4.78 is 30.4. The summed E-state index contributed by atoms with van der Waals surface area (Å²) in [5, 5.41) is 7.01. The maximum absolute atomic E-state index is 11.9. The highest BCUT2D eigenvalue weighted by atomic mass is 32.2. The SMILES string of the molecule is Cc1noc(C(C)Nc2ccc(N3CCCS3(=O)=O)cc2)n1. The maximum atomic E-state index is 11.9. The number of sulfonamides is 1. The van der Waals surface area contributed by atoms with Gasteiger partial charge in [0.2, 0.25) is 15.9 Å². The highest BCUT2D eigenvalue weighted by molar-refractivity contribution is 7.93. The van der Waals surface area contributed by atoms with Gasteiger partial charge in [0.1, 0.15) is 6.04 Å². The van der Waals surface area contributed by atoms with Crippen molar-refractivity contribution in [2.24, 2.45) is 0 Å². The third kappa shape index (κ3) is 2.92. The molecule has 22 heavy (non-hydrogen) atoms. The van der Waals surface area contributed by atoms with Crippen molar-refractivity contribution in [3.05, 3.63) is 36.0 Å². The number of rotatable bonds is 4. The van der Waals surface area contributed by atoms with Crippen molar-refractivity contribution in [1.82, 2.24) is 10.1 Å². The molecule has 0 bridgehead atoms. The quantitative estimate of drug-likeness (QED) is 0.927. The molecule has 1 aliphatic rings. The normalized spacial score (nSPS) is 18.4. The molecule has 1 N–H and O–H groups in total. The number of hydrogen-bond donors (Lipinski definition) is 1. The minimum Gasteiger partial charge on any atom is -0.374 e. The molecule has 1 aromatic carbocycles. The second kappa shape index (κ2) is 5.60. The van der Waals surface area contributed by atoms with Gasteiger partial charge in [0.15, 0.2) is 5.82 Å². The van der Waals surface area contributed by atoms with Crippen LogP contribution < -0.4 is 9.62 Å². The van der Waals surface area contributed by atoms with Crippen LogP contribution in [0.1, 0.15) is 31.1 Å². The van der Waals surface area contributed by atoms with E-state index in [4.69, 9.17) is 4.52 Å². The minimum atomic E-state index is -3.14. The third-order valence-corrected chi connectivity index (χ3v) is 5.42. The van der Waals surface area contributed by atoms with Crippen LogP contribution in [0.2, 0.25) is 0 Å². The van der Waals surface area contributed by atoms with Crippen molar-refractivity contribution in [3.63, 3.8) is 0 Å². The molecule has 1 aliphatic heterocycles. The van der Waals surface area contributed by atoms with E-state index in [1.165, 1.54) is 4.31 Å². The zero-order valence-corrected chi connectivity index (χ0v) is 13.3. The van der Waals surface area contributed by atoms with E-state index in [1.807, 2.05) is 19.1 Å². The molecule has 118 valence electrons. The predicted molar refractivity (Wildman–Crippen MR) is 83.3 cm³/mol. The van der Waals surface area contributed by atoms with Crippen LogP contribution in [0.15, 0.2) is 28.8 Å². The first kappa shape index (κ1) is 14.8. The van der Waals surface area contributed by atoms with Gasteiger partial charge in [-0.2, -0.15) is 4.98 Å². The lowest BCUT2D eigenvalue weighted by Gasteiger charge is -2.18. The summed E-state index contributed by atoms with van der Waals surface area (Å²) in [6.45, 7) is 4.24. The molecule has 0 radical (unpaired) electrons. The van der Waals surface area contributed by atoms with Gasteiger partial charge >= 0.3 is 0 Å². The molecule has 2 heterocycles. The molecular weight excluding hydrogens is 304 g/mol. The molecule has 0 aliphatic carbocycles. The maximum Gasteiger partial charge on any atom is 0.248 e. The van der Waals surface area contributed by atoms with Crippen LogP contribution in [-0.4, -0.2) is 30.9 Å². The molecule has 1 unspecified atom stereocenters. The van der Waals surface area contributed by atoms with Crippen molar-refractivity contribution in [1.29, 1.82) is 0 Å². The number of aryl methyl sites for hydroxylation is 1. The Morgan fingerprint density at radius 1 is 1.32 bits per heavy atom. The third-order valence-electron chi connectivity index (χ3n) is 3.55. The van der Waals surface area contributed by atoms with Gasteiger partial charge in [0, 0.05) is 12.2 Å². The number of nitrogens with one attached hydrogen (secondary N) is 1. The van der Waals surface area contributed by atoms with E-state index in [-0.39, 0.29) is 11.8 Å². The summed E-state index contributed by atoms with van der Waals surface area (Å²) in [6, 6.07) is 7.18. The second-order valence-corrected chi connectivity index (χ2v) is 7.35. The fourth-order valence-corrected chi connectivity index (χ4v) is 4.02. The highest BCUT2D eigenvalue weighted by Gasteiger charge is 2.28. The molecule has 1 atom stereocenters. The standard InChI is InChI=1S/C14H18N4O3S/c1-10(14-16-11(2)17-21-14)15-12-4-6-13(7-5-12)18-8-3-9-22(18,19)20/h4-7,10,15H,3,8-9H2,1-2H3. The number of nitrogens with zero attached hydrogens (tertiary/aromatic N) is 3. The smallest absolute Gasteiger partial charge is 0.248 e. The van der Waals surface area contributed by atoms with Gasteiger partial charge < -0.3 is 9.84 Å². The van der Waals surface area contributed by atoms with Gasteiger partial charge in [-0.3, -0.25) is 4.31 Å². The summed E-state index contributed by atoms with van der Waals surface area (Å²) >= 11 is 0. The fourth-order valence-electron chi connectivity index (χ4n) is 2.45. The van der Waals surface area contributed by atoms with Crippen LogP contribution >= 0.6 is 0 Å². The monoisotopic (exact) mass is 322 g/mol. The Morgan fingerprint density at radius 3 is 2.59 bits per heavy atom. The second-order valence-electron chi connectivity index (χ2n) is 5.33. The van der Waals surface area contributed by atoms with Crippen molar-refractivity contribution in [2.75, 3.05) is 21.9 Å². The Morgan fingerprint density at radius 2 is 2.05 bits per heavy atom. The van der Waals surface area contributed by atoms with Gasteiger partial charge in [-0.25, -0.2) is 8.42 Å². The molecule has 8 heteroatoms. The van der Waals surface area contributed by atoms with Crippen molar-refractivity contribution < 1.29 is 12.9 Å². The predicted octanol–water partition coefficient (Wildman–Crippen LogP) is 2.09. The largest absolute Gasteiger partial charge is 0.374 e. The fraction of sp³-hybridized carbons (Fsp3) is 0.429. The van der Waals surface area contributed by atoms with E-state index in [9.17, 15) is 8.42 Å². The van der Waals surface area contributed by atoms with Crippen LogP contribution in [0.3, 0.4) is 0 Å². The van der Waals surface area contributed by atoms with E-state index in [1.54, 1.807) is 19.1 Å². The van der Waals surface area contributed by atoms with E-state index < -0.39 is 10.0 Å². The molecular formula is C14H18N4O3S. The summed E-state index contributed by atoms with van der Waals surface area (Å²) in [7, 11) is -3.14. The van der Waals surface area contributed by atoms with Gasteiger partial charge in [-0.15, -0.1) is 0 Å². The van der Waals surface area contributed by atoms with E-state index in [0.29, 0.717) is 30.4 Å². The summed E-state index contributed by atoms with van der Waals surface area (Å²) in [5.74, 6) is 1.34. The van der Waals surface area contributed by atoms with Crippen molar-refractivity contribution in [3.8, 4) is 0 Å². The van der Waals surface area contributed by atoms with Crippen LogP contribution in [0.25, 0.3) is 0 Å². The average Bonchev–Trinajstić information content (AvgIpc) is 3.05. The molecule has 2 aromatic rings.